The van der Waals surface area contributed by atoms with Gasteiger partial charge in [0.05, 0.1) is 5.56 Å². The van der Waals surface area contributed by atoms with E-state index in [0.29, 0.717) is 4.47 Å². The normalized spacial score (nSPS) is 11.8. The Balaban J connectivity index is 3.10. The van der Waals surface area contributed by atoms with Crippen LogP contribution in [0.15, 0.2) is 22.7 Å². The Bertz CT molecular complexity index is 304. The van der Waals surface area contributed by atoms with E-state index in [1.165, 1.54) is 6.07 Å². The number of halogens is 4. The zero-order valence-electron chi connectivity index (χ0n) is 6.95. The molecule has 0 spiro atoms. The molecule has 0 amide bonds. The van der Waals surface area contributed by atoms with Crippen molar-refractivity contribution in [2.24, 2.45) is 0 Å². The highest BCUT2D eigenvalue weighted by molar-refractivity contribution is 9.10. The molecule has 1 rings (SSSR count). The average Bonchev–Trinajstić information content (AvgIpc) is 2.02. The molecule has 0 fully saturated rings. The quantitative estimate of drug-likeness (QED) is 0.708. The van der Waals surface area contributed by atoms with Crippen LogP contribution >= 0.6 is 15.9 Å². The molecule has 0 saturated heterocycles. The second kappa shape index (κ2) is 3.70. The summed E-state index contributed by atoms with van der Waals surface area (Å²) in [4.78, 5) is 0. The van der Waals surface area contributed by atoms with E-state index in [9.17, 15) is 13.2 Å². The molecule has 0 saturated carbocycles. The minimum atomic E-state index is -4.26. The van der Waals surface area contributed by atoms with Crippen molar-refractivity contribution in [1.82, 2.24) is 0 Å². The lowest BCUT2D eigenvalue weighted by Gasteiger charge is -2.08. The van der Waals surface area contributed by atoms with Gasteiger partial charge in [0.15, 0.2) is 0 Å². The molecular formula is C9H8BrF3. The molecule has 0 heterocycles. The highest BCUT2D eigenvalue weighted by Crippen LogP contribution is 2.32. The number of hydrogen-bond acceptors (Lipinski definition) is 0. The highest BCUT2D eigenvalue weighted by Gasteiger charge is 2.30. The van der Waals surface area contributed by atoms with E-state index in [-0.39, 0.29) is 0 Å². The standard InChI is InChI=1S/C9H8BrF3/c1-2-6-3-4-7(5-8(6)10)9(11,12)13/h3-5H,2H2,1H3. The van der Waals surface area contributed by atoms with Crippen LogP contribution in [0, 0.1) is 0 Å². The topological polar surface area (TPSA) is 0 Å². The van der Waals surface area contributed by atoms with Crippen molar-refractivity contribution >= 4 is 15.9 Å². The summed E-state index contributed by atoms with van der Waals surface area (Å²) >= 11 is 3.10. The monoisotopic (exact) mass is 252 g/mol. The molecule has 0 radical (unpaired) electrons. The Kier molecular flexibility index (Phi) is 3.01. The minimum Gasteiger partial charge on any atom is -0.166 e. The van der Waals surface area contributed by atoms with Crippen LogP contribution in [0.2, 0.25) is 0 Å². The first-order chi connectivity index (χ1) is 5.95. The van der Waals surface area contributed by atoms with Gasteiger partial charge in [-0.25, -0.2) is 0 Å². The summed E-state index contributed by atoms with van der Waals surface area (Å²) < 4.78 is 37.1. The van der Waals surface area contributed by atoms with E-state index in [2.05, 4.69) is 15.9 Å². The summed E-state index contributed by atoms with van der Waals surface area (Å²) in [7, 11) is 0. The lowest BCUT2D eigenvalue weighted by Crippen LogP contribution is -2.04. The van der Waals surface area contributed by atoms with Gasteiger partial charge < -0.3 is 0 Å². The van der Waals surface area contributed by atoms with Crippen molar-refractivity contribution in [3.8, 4) is 0 Å². The number of hydrogen-bond donors (Lipinski definition) is 0. The molecule has 0 aromatic heterocycles. The predicted octanol–water partition coefficient (Wildman–Crippen LogP) is 4.03. The summed E-state index contributed by atoms with van der Waals surface area (Å²) in [6, 6.07) is 3.70. The number of benzene rings is 1. The predicted molar refractivity (Wildman–Crippen MR) is 48.5 cm³/mol. The van der Waals surface area contributed by atoms with Gasteiger partial charge in [-0.1, -0.05) is 28.9 Å². The van der Waals surface area contributed by atoms with Crippen LogP contribution in [0.4, 0.5) is 13.2 Å². The molecule has 72 valence electrons. The Labute approximate surface area is 82.9 Å². The third-order valence-corrected chi connectivity index (χ3v) is 2.50. The van der Waals surface area contributed by atoms with Gasteiger partial charge in [0.2, 0.25) is 0 Å². The SMILES string of the molecule is CCc1ccc(C(F)(F)F)cc1Br. The molecule has 0 aliphatic rings. The highest BCUT2D eigenvalue weighted by atomic mass is 79.9. The summed E-state index contributed by atoms with van der Waals surface area (Å²) in [5.74, 6) is 0. The molecule has 0 bridgehead atoms. The fourth-order valence-electron chi connectivity index (χ4n) is 1.01. The van der Waals surface area contributed by atoms with Crippen molar-refractivity contribution in [1.29, 1.82) is 0 Å². The van der Waals surface area contributed by atoms with Gasteiger partial charge in [0.1, 0.15) is 0 Å². The van der Waals surface area contributed by atoms with Gasteiger partial charge in [0.25, 0.3) is 0 Å². The maximum atomic E-state index is 12.2. The third kappa shape index (κ3) is 2.46. The van der Waals surface area contributed by atoms with E-state index in [1.54, 1.807) is 0 Å². The molecule has 0 unspecified atom stereocenters. The summed E-state index contributed by atoms with van der Waals surface area (Å²) in [5, 5.41) is 0. The molecule has 0 atom stereocenters. The van der Waals surface area contributed by atoms with Crippen LogP contribution in [0.5, 0.6) is 0 Å². The van der Waals surface area contributed by atoms with Crippen LogP contribution in [0.1, 0.15) is 18.1 Å². The van der Waals surface area contributed by atoms with E-state index >= 15 is 0 Å². The van der Waals surface area contributed by atoms with Gasteiger partial charge in [-0.3, -0.25) is 0 Å². The lowest BCUT2D eigenvalue weighted by atomic mass is 10.1. The molecule has 4 heteroatoms. The molecule has 0 N–H and O–H groups in total. The largest absolute Gasteiger partial charge is 0.416 e. The zero-order valence-corrected chi connectivity index (χ0v) is 8.54. The van der Waals surface area contributed by atoms with Crippen LogP contribution < -0.4 is 0 Å². The smallest absolute Gasteiger partial charge is 0.166 e. The van der Waals surface area contributed by atoms with Crippen LogP contribution in [-0.4, -0.2) is 0 Å². The van der Waals surface area contributed by atoms with Crippen LogP contribution in [-0.2, 0) is 12.6 Å². The van der Waals surface area contributed by atoms with Gasteiger partial charge in [-0.05, 0) is 24.1 Å². The molecule has 0 nitrogen and oxygen atoms in total. The molecule has 0 aliphatic carbocycles. The minimum absolute atomic E-state index is 0.518. The molecular weight excluding hydrogens is 245 g/mol. The van der Waals surface area contributed by atoms with Gasteiger partial charge in [-0.2, -0.15) is 13.2 Å². The molecule has 1 aromatic carbocycles. The van der Waals surface area contributed by atoms with Gasteiger partial charge in [-0.15, -0.1) is 0 Å². The average molecular weight is 253 g/mol. The third-order valence-electron chi connectivity index (χ3n) is 1.76. The molecule has 1 aromatic rings. The maximum Gasteiger partial charge on any atom is 0.416 e. The zero-order chi connectivity index (χ0) is 10.1. The van der Waals surface area contributed by atoms with E-state index in [1.807, 2.05) is 6.92 Å². The second-order valence-corrected chi connectivity index (χ2v) is 3.51. The van der Waals surface area contributed by atoms with Crippen molar-refractivity contribution < 1.29 is 13.2 Å². The van der Waals surface area contributed by atoms with Gasteiger partial charge in [0, 0.05) is 4.47 Å². The van der Waals surface area contributed by atoms with Gasteiger partial charge >= 0.3 is 6.18 Å². The fraction of sp³-hybridized carbons (Fsp3) is 0.333. The van der Waals surface area contributed by atoms with Crippen molar-refractivity contribution in [2.75, 3.05) is 0 Å². The van der Waals surface area contributed by atoms with E-state index in [4.69, 9.17) is 0 Å². The summed E-state index contributed by atoms with van der Waals surface area (Å²) in [5.41, 5.74) is 0.268. The molecule has 0 aliphatic heterocycles. The van der Waals surface area contributed by atoms with E-state index < -0.39 is 11.7 Å². The summed E-state index contributed by atoms with van der Waals surface area (Å²) in [6.45, 7) is 1.90. The number of alkyl halides is 3. The fourth-order valence-corrected chi connectivity index (χ4v) is 1.67. The van der Waals surface area contributed by atoms with Crippen LogP contribution in [0.3, 0.4) is 0 Å². The van der Waals surface area contributed by atoms with Crippen molar-refractivity contribution in [3.05, 3.63) is 33.8 Å². The Morgan fingerprint density at radius 2 is 1.92 bits per heavy atom. The van der Waals surface area contributed by atoms with Crippen molar-refractivity contribution in [3.63, 3.8) is 0 Å². The van der Waals surface area contributed by atoms with Crippen molar-refractivity contribution in [2.45, 2.75) is 19.5 Å². The summed E-state index contributed by atoms with van der Waals surface area (Å²) in [6.07, 6.45) is -3.53. The Morgan fingerprint density at radius 1 is 1.31 bits per heavy atom. The van der Waals surface area contributed by atoms with E-state index in [0.717, 1.165) is 24.1 Å². The Hall–Kier alpha value is -0.510. The first kappa shape index (κ1) is 10.6. The first-order valence-corrected chi connectivity index (χ1v) is 4.60. The first-order valence-electron chi connectivity index (χ1n) is 3.80. The maximum absolute atomic E-state index is 12.2. The second-order valence-electron chi connectivity index (χ2n) is 2.66. The number of rotatable bonds is 1. The van der Waals surface area contributed by atoms with Crippen LogP contribution in [0.25, 0.3) is 0 Å². The lowest BCUT2D eigenvalue weighted by molar-refractivity contribution is -0.137. The number of aryl methyl sites for hydroxylation is 1. The molecule has 13 heavy (non-hydrogen) atoms. The Morgan fingerprint density at radius 3 is 2.31 bits per heavy atom.